The van der Waals surface area contributed by atoms with Gasteiger partial charge in [0, 0.05) is 31.8 Å². The molecule has 0 spiro atoms. The molecule has 3 amide bonds. The normalized spacial score (nSPS) is 26.6. The van der Waals surface area contributed by atoms with Crippen LogP contribution in [0.5, 0.6) is 5.75 Å². The van der Waals surface area contributed by atoms with Crippen LogP contribution >= 0.6 is 0 Å². The van der Waals surface area contributed by atoms with Gasteiger partial charge in [-0.3, -0.25) is 14.4 Å². The number of carbonyl (C=O) groups excluding carboxylic acids is 3. The topological polar surface area (TPSA) is 108 Å². The molecule has 3 rings (SSSR count). The van der Waals surface area contributed by atoms with Crippen LogP contribution in [0.25, 0.3) is 0 Å². The van der Waals surface area contributed by atoms with E-state index in [9.17, 15) is 14.4 Å². The minimum Gasteiger partial charge on any atom is -0.497 e. The first-order valence-electron chi connectivity index (χ1n) is 11.2. The fraction of sp³-hybridized carbons (Fsp3) is 0.542. The number of methoxy groups -OCH3 is 1. The highest BCUT2D eigenvalue weighted by molar-refractivity contribution is 6.01. The number of carbonyl (C=O) groups is 3. The standard InChI is InChI=1S/C24H33N3O5/c1-15-7-12-18-20(19(15)22(29)25-2)24(31)27(13-5-4-6-14-28)21(18)23(30)26-16-8-10-17(32-3)11-9-16/h7-12,15,18-21,28H,4-6,13-14H2,1-3H3,(H,25,29)(H,26,30)/t15-,18+,19-,20+,21+/m1/s1. The minimum atomic E-state index is -0.695. The molecule has 1 aliphatic carbocycles. The Morgan fingerprint density at radius 3 is 2.44 bits per heavy atom. The maximum absolute atomic E-state index is 13.5. The summed E-state index contributed by atoms with van der Waals surface area (Å²) < 4.78 is 5.16. The lowest BCUT2D eigenvalue weighted by Crippen LogP contribution is -2.45. The second-order valence-corrected chi connectivity index (χ2v) is 8.47. The molecular formula is C24H33N3O5. The number of aliphatic hydroxyl groups is 1. The average Bonchev–Trinajstić information content (AvgIpc) is 3.08. The lowest BCUT2D eigenvalue weighted by atomic mass is 9.70. The Bertz CT molecular complexity index is 854. The van der Waals surface area contributed by atoms with Crippen molar-refractivity contribution in [2.45, 2.75) is 32.2 Å². The van der Waals surface area contributed by atoms with Gasteiger partial charge in [-0.05, 0) is 49.4 Å². The van der Waals surface area contributed by atoms with E-state index in [-0.39, 0.29) is 36.2 Å². The molecule has 1 saturated heterocycles. The van der Waals surface area contributed by atoms with Gasteiger partial charge >= 0.3 is 0 Å². The van der Waals surface area contributed by atoms with Gasteiger partial charge in [0.25, 0.3) is 0 Å². The number of rotatable bonds is 9. The van der Waals surface area contributed by atoms with Crippen LogP contribution in [-0.4, -0.2) is 61.1 Å². The predicted octanol–water partition coefficient (Wildman–Crippen LogP) is 1.81. The Labute approximate surface area is 189 Å². The number of nitrogens with one attached hydrogen (secondary N) is 2. The summed E-state index contributed by atoms with van der Waals surface area (Å²) in [7, 11) is 3.15. The van der Waals surface area contributed by atoms with Crippen molar-refractivity contribution < 1.29 is 24.2 Å². The summed E-state index contributed by atoms with van der Waals surface area (Å²) in [4.78, 5) is 41.2. The van der Waals surface area contributed by atoms with Gasteiger partial charge in [-0.1, -0.05) is 19.1 Å². The molecule has 5 atom stereocenters. The number of fused-ring (bicyclic) bond motifs is 1. The molecule has 8 heteroatoms. The smallest absolute Gasteiger partial charge is 0.247 e. The van der Waals surface area contributed by atoms with Crippen molar-refractivity contribution in [2.24, 2.45) is 23.7 Å². The van der Waals surface area contributed by atoms with Crippen LogP contribution in [0.2, 0.25) is 0 Å². The number of likely N-dealkylation sites (tertiary alicyclic amines) is 1. The lowest BCUT2D eigenvalue weighted by Gasteiger charge is -2.32. The third-order valence-electron chi connectivity index (χ3n) is 6.51. The van der Waals surface area contributed by atoms with Crippen LogP contribution in [0.4, 0.5) is 5.69 Å². The molecule has 32 heavy (non-hydrogen) atoms. The third-order valence-corrected chi connectivity index (χ3v) is 6.51. The zero-order chi connectivity index (χ0) is 23.3. The van der Waals surface area contributed by atoms with Crippen LogP contribution in [0, 0.1) is 23.7 Å². The van der Waals surface area contributed by atoms with Gasteiger partial charge in [-0.15, -0.1) is 0 Å². The molecule has 8 nitrogen and oxygen atoms in total. The number of allylic oxidation sites excluding steroid dienone is 1. The minimum absolute atomic E-state index is 0.0968. The molecule has 0 saturated carbocycles. The van der Waals surface area contributed by atoms with E-state index in [1.165, 1.54) is 0 Å². The zero-order valence-corrected chi connectivity index (χ0v) is 18.9. The molecule has 0 radical (unpaired) electrons. The quantitative estimate of drug-likeness (QED) is 0.399. The van der Waals surface area contributed by atoms with E-state index in [4.69, 9.17) is 9.84 Å². The fourth-order valence-electron chi connectivity index (χ4n) is 4.86. The number of anilines is 1. The highest BCUT2D eigenvalue weighted by Gasteiger charge is 2.56. The van der Waals surface area contributed by atoms with Gasteiger partial charge in [-0.2, -0.15) is 0 Å². The van der Waals surface area contributed by atoms with E-state index in [1.54, 1.807) is 43.3 Å². The number of benzene rings is 1. The van der Waals surface area contributed by atoms with Crippen molar-refractivity contribution >= 4 is 23.4 Å². The first-order chi connectivity index (χ1) is 15.4. The number of nitrogens with zero attached hydrogens (tertiary/aromatic N) is 1. The highest BCUT2D eigenvalue weighted by atomic mass is 16.5. The largest absolute Gasteiger partial charge is 0.497 e. The van der Waals surface area contributed by atoms with Crippen molar-refractivity contribution in [3.8, 4) is 5.75 Å². The molecule has 1 fully saturated rings. The summed E-state index contributed by atoms with van der Waals surface area (Å²) in [6.07, 6.45) is 5.96. The summed E-state index contributed by atoms with van der Waals surface area (Å²) in [6, 6.07) is 6.33. The van der Waals surface area contributed by atoms with E-state index >= 15 is 0 Å². The second kappa shape index (κ2) is 10.6. The van der Waals surface area contributed by atoms with Crippen molar-refractivity contribution in [1.29, 1.82) is 0 Å². The Kier molecular flexibility index (Phi) is 7.90. The van der Waals surface area contributed by atoms with Crippen molar-refractivity contribution in [1.82, 2.24) is 10.2 Å². The third kappa shape index (κ3) is 4.80. The maximum atomic E-state index is 13.5. The van der Waals surface area contributed by atoms with E-state index in [2.05, 4.69) is 10.6 Å². The molecule has 1 heterocycles. The molecule has 174 valence electrons. The van der Waals surface area contributed by atoms with E-state index < -0.39 is 17.9 Å². The van der Waals surface area contributed by atoms with Gasteiger partial charge in [0.05, 0.1) is 18.9 Å². The Morgan fingerprint density at radius 2 is 1.81 bits per heavy atom. The first kappa shape index (κ1) is 23.8. The number of ether oxygens (including phenoxy) is 1. The molecule has 3 N–H and O–H groups in total. The number of hydrogen-bond donors (Lipinski definition) is 3. The van der Waals surface area contributed by atoms with Crippen molar-refractivity contribution in [3.05, 3.63) is 36.4 Å². The Morgan fingerprint density at radius 1 is 1.09 bits per heavy atom. The van der Waals surface area contributed by atoms with E-state index in [1.807, 2.05) is 19.1 Å². The number of unbranched alkanes of at least 4 members (excludes halogenated alkanes) is 2. The van der Waals surface area contributed by atoms with Gasteiger partial charge in [-0.25, -0.2) is 0 Å². The number of aliphatic hydroxyl groups excluding tert-OH is 1. The number of amides is 3. The SMILES string of the molecule is CNC(=O)[C@H]1[C@H]2C(=O)N(CCCCCO)[C@H](C(=O)Nc3ccc(OC)cc3)[C@H]2C=C[C@H]1C. The fourth-order valence-corrected chi connectivity index (χ4v) is 4.86. The Hall–Kier alpha value is -2.87. The molecule has 1 aliphatic heterocycles. The van der Waals surface area contributed by atoms with Gasteiger partial charge in [0.1, 0.15) is 11.8 Å². The molecule has 0 bridgehead atoms. The van der Waals surface area contributed by atoms with Crippen molar-refractivity contribution in [3.63, 3.8) is 0 Å². The Balaban J connectivity index is 1.88. The highest BCUT2D eigenvalue weighted by Crippen LogP contribution is 2.44. The van der Waals surface area contributed by atoms with Crippen LogP contribution in [0.3, 0.4) is 0 Å². The monoisotopic (exact) mass is 443 g/mol. The van der Waals surface area contributed by atoms with E-state index in [0.717, 1.165) is 6.42 Å². The zero-order valence-electron chi connectivity index (χ0n) is 18.9. The summed E-state index contributed by atoms with van der Waals surface area (Å²) in [6.45, 7) is 2.44. The van der Waals surface area contributed by atoms with Gasteiger partial charge < -0.3 is 25.4 Å². The number of hydrogen-bond acceptors (Lipinski definition) is 5. The van der Waals surface area contributed by atoms with Gasteiger partial charge in [0.2, 0.25) is 17.7 Å². The average molecular weight is 444 g/mol. The molecule has 0 aromatic heterocycles. The van der Waals surface area contributed by atoms with E-state index in [0.29, 0.717) is 30.8 Å². The molecule has 2 aliphatic rings. The van der Waals surface area contributed by atoms with Crippen LogP contribution in [0.1, 0.15) is 26.2 Å². The summed E-state index contributed by atoms with van der Waals surface area (Å²) in [5.41, 5.74) is 0.614. The predicted molar refractivity (Wildman–Crippen MR) is 121 cm³/mol. The molecule has 1 aromatic carbocycles. The molecule has 0 unspecified atom stereocenters. The summed E-state index contributed by atoms with van der Waals surface area (Å²) in [5.74, 6) is -1.48. The molecule has 1 aromatic rings. The first-order valence-corrected chi connectivity index (χ1v) is 11.2. The summed E-state index contributed by atoms with van der Waals surface area (Å²) >= 11 is 0. The second-order valence-electron chi connectivity index (χ2n) is 8.47. The molecular weight excluding hydrogens is 410 g/mol. The van der Waals surface area contributed by atoms with Crippen LogP contribution in [-0.2, 0) is 14.4 Å². The maximum Gasteiger partial charge on any atom is 0.247 e. The summed E-state index contributed by atoms with van der Waals surface area (Å²) in [5, 5.41) is 14.7. The van der Waals surface area contributed by atoms with Crippen molar-refractivity contribution in [2.75, 3.05) is 32.6 Å². The van der Waals surface area contributed by atoms with Gasteiger partial charge in [0.15, 0.2) is 0 Å². The van der Waals surface area contributed by atoms with Crippen LogP contribution in [0.15, 0.2) is 36.4 Å². The van der Waals surface area contributed by atoms with Crippen LogP contribution < -0.4 is 15.4 Å². The lowest BCUT2D eigenvalue weighted by molar-refractivity contribution is -0.140.